The van der Waals surface area contributed by atoms with Gasteiger partial charge >= 0.3 is 0 Å². The smallest absolute Gasteiger partial charge is 0.110 e. The second-order valence-corrected chi connectivity index (χ2v) is 2.58. The Labute approximate surface area is 30.6 Å². The first-order valence-corrected chi connectivity index (χ1v) is 2.15. The fraction of sp³-hybridized carbons (Fsp3) is 1.00. The number of hydrogen-bond acceptors (Lipinski definition) is 0. The first-order chi connectivity index (χ1) is 1.73. The SMILES string of the molecule is B[C@H](C)P. The van der Waals surface area contributed by atoms with E-state index in [1.54, 1.807) is 0 Å². The Balaban J connectivity index is 2.32. The fourth-order valence-electron chi connectivity index (χ4n) is 0. The third-order valence-corrected chi connectivity index (χ3v) is 0. The van der Waals surface area contributed by atoms with Crippen LogP contribution in [0.3, 0.4) is 0 Å². The van der Waals surface area contributed by atoms with E-state index in [0.717, 1.165) is 5.56 Å². The molecule has 0 aromatic heterocycles. The summed E-state index contributed by atoms with van der Waals surface area (Å²) in [5.41, 5.74) is 0.750. The van der Waals surface area contributed by atoms with E-state index in [1.165, 1.54) is 0 Å². The standard InChI is InChI=1S/C2H8BP/c1-2(3)4/h2H,3-4H2,1H3/t2-/m0/s1. The van der Waals surface area contributed by atoms with Crippen LogP contribution < -0.4 is 0 Å². The van der Waals surface area contributed by atoms with Crippen molar-refractivity contribution in [3.63, 3.8) is 0 Å². The molecule has 0 fully saturated rings. The molecule has 4 heavy (non-hydrogen) atoms. The lowest BCUT2D eigenvalue weighted by atomic mass is 10.1. The molecule has 0 aliphatic heterocycles. The Bertz CT molecular complexity index is 10.8. The number of hydrogen-bond donors (Lipinski definition) is 0. The molecule has 0 saturated carbocycles. The molecule has 0 aliphatic rings. The van der Waals surface area contributed by atoms with E-state index in [-0.39, 0.29) is 0 Å². The Morgan fingerprint density at radius 3 is 2.00 bits per heavy atom. The molecule has 24 valence electrons. The first-order valence-electron chi connectivity index (χ1n) is 1.49. The van der Waals surface area contributed by atoms with Gasteiger partial charge in [-0.1, -0.05) is 12.5 Å². The van der Waals surface area contributed by atoms with Crippen molar-refractivity contribution < 1.29 is 0 Å². The third kappa shape index (κ3) is 22.8. The van der Waals surface area contributed by atoms with E-state index in [9.17, 15) is 0 Å². The van der Waals surface area contributed by atoms with Gasteiger partial charge in [-0.25, -0.2) is 0 Å². The summed E-state index contributed by atoms with van der Waals surface area (Å²) in [6, 6.07) is 0. The van der Waals surface area contributed by atoms with Crippen LogP contribution in [0.4, 0.5) is 0 Å². The summed E-state index contributed by atoms with van der Waals surface area (Å²) >= 11 is 0. The van der Waals surface area contributed by atoms with Crippen molar-refractivity contribution in [3.8, 4) is 0 Å². The molecule has 2 heteroatoms. The summed E-state index contributed by atoms with van der Waals surface area (Å²) in [6.45, 7) is 2.13. The normalized spacial score (nSPS) is 15.5. The van der Waals surface area contributed by atoms with E-state index in [0.29, 0.717) is 0 Å². The maximum atomic E-state index is 2.66. The Hall–Kier alpha value is 0.495. The molecule has 0 bridgehead atoms. The molecule has 0 heterocycles. The van der Waals surface area contributed by atoms with Gasteiger partial charge in [0.2, 0.25) is 0 Å². The minimum atomic E-state index is 0.750. The van der Waals surface area contributed by atoms with E-state index in [2.05, 4.69) is 24.0 Å². The molecule has 1 unspecified atom stereocenters. The van der Waals surface area contributed by atoms with Crippen molar-refractivity contribution in [2.24, 2.45) is 0 Å². The molecule has 0 spiro atoms. The van der Waals surface area contributed by atoms with Crippen molar-refractivity contribution in [1.29, 1.82) is 0 Å². The van der Waals surface area contributed by atoms with Crippen LogP contribution in [0.25, 0.3) is 0 Å². The van der Waals surface area contributed by atoms with Crippen LogP contribution in [0.15, 0.2) is 0 Å². The van der Waals surface area contributed by atoms with Gasteiger partial charge in [-0.15, -0.1) is 9.24 Å². The number of rotatable bonds is 0. The van der Waals surface area contributed by atoms with Gasteiger partial charge in [0.1, 0.15) is 7.85 Å². The largest absolute Gasteiger partial charge is 0.143 e. The van der Waals surface area contributed by atoms with Gasteiger partial charge in [0.15, 0.2) is 0 Å². The van der Waals surface area contributed by atoms with Gasteiger partial charge in [0, 0.05) is 0 Å². The highest BCUT2D eigenvalue weighted by Crippen LogP contribution is 1.85. The predicted octanol–water partition coefficient (Wildman–Crippen LogP) is -0.159. The maximum absolute atomic E-state index is 2.66. The van der Waals surface area contributed by atoms with Crippen molar-refractivity contribution >= 4 is 17.1 Å². The lowest BCUT2D eigenvalue weighted by Gasteiger charge is -1.78. The van der Waals surface area contributed by atoms with Crippen molar-refractivity contribution in [2.75, 3.05) is 0 Å². The van der Waals surface area contributed by atoms with Crippen molar-refractivity contribution in [2.45, 2.75) is 12.5 Å². The van der Waals surface area contributed by atoms with Gasteiger partial charge < -0.3 is 0 Å². The summed E-state index contributed by atoms with van der Waals surface area (Å²) in [6.07, 6.45) is 0. The minimum Gasteiger partial charge on any atom is -0.143 e. The van der Waals surface area contributed by atoms with Gasteiger partial charge in [0.25, 0.3) is 0 Å². The molecule has 0 radical (unpaired) electrons. The highest BCUT2D eigenvalue weighted by molar-refractivity contribution is 7.20. The second-order valence-electron chi connectivity index (χ2n) is 1.24. The topological polar surface area (TPSA) is 0 Å². The Kier molecular flexibility index (Phi) is 2.00. The van der Waals surface area contributed by atoms with Gasteiger partial charge in [-0.05, 0) is 0 Å². The zero-order valence-corrected chi connectivity index (χ0v) is 4.31. The quantitative estimate of drug-likeness (QED) is 0.276. The molecule has 0 saturated heterocycles. The molecular weight excluding hydrogens is 65.8 g/mol. The minimum absolute atomic E-state index is 0.750. The van der Waals surface area contributed by atoms with Crippen LogP contribution in [0.1, 0.15) is 6.92 Å². The average Bonchev–Trinajstić information content (AvgIpc) is 0.811. The summed E-state index contributed by atoms with van der Waals surface area (Å²) in [5.74, 6) is 0. The van der Waals surface area contributed by atoms with Crippen LogP contribution in [0.2, 0.25) is 0 Å². The molecule has 0 N–H and O–H groups in total. The lowest BCUT2D eigenvalue weighted by molar-refractivity contribution is 1.41. The molecule has 0 nitrogen and oxygen atoms in total. The molecule has 0 aromatic carbocycles. The van der Waals surface area contributed by atoms with E-state index in [1.807, 2.05) is 0 Å². The molecule has 0 aromatic rings. The van der Waals surface area contributed by atoms with Gasteiger partial charge in [-0.3, -0.25) is 0 Å². The fourth-order valence-corrected chi connectivity index (χ4v) is 0. The summed E-state index contributed by atoms with van der Waals surface area (Å²) in [7, 11) is 4.79. The second kappa shape index (κ2) is 1.78. The highest BCUT2D eigenvalue weighted by atomic mass is 31.0. The molecule has 2 atom stereocenters. The third-order valence-electron chi connectivity index (χ3n) is 0. The van der Waals surface area contributed by atoms with Crippen LogP contribution in [0, 0.1) is 0 Å². The molecule has 0 amide bonds. The zero-order valence-electron chi connectivity index (χ0n) is 3.15. The molecule has 0 aliphatic carbocycles. The first kappa shape index (κ1) is 4.49. The van der Waals surface area contributed by atoms with Crippen molar-refractivity contribution in [1.82, 2.24) is 0 Å². The highest BCUT2D eigenvalue weighted by Gasteiger charge is 1.69. The summed E-state index contributed by atoms with van der Waals surface area (Å²) in [4.78, 5) is 0. The Morgan fingerprint density at radius 1 is 2.00 bits per heavy atom. The van der Waals surface area contributed by atoms with Crippen LogP contribution in [-0.2, 0) is 0 Å². The van der Waals surface area contributed by atoms with E-state index in [4.69, 9.17) is 0 Å². The monoisotopic (exact) mass is 74.0 g/mol. The van der Waals surface area contributed by atoms with E-state index < -0.39 is 0 Å². The van der Waals surface area contributed by atoms with E-state index >= 15 is 0 Å². The van der Waals surface area contributed by atoms with Gasteiger partial charge in [-0.2, -0.15) is 0 Å². The summed E-state index contributed by atoms with van der Waals surface area (Å²) < 4.78 is 0. The maximum Gasteiger partial charge on any atom is 0.110 e. The van der Waals surface area contributed by atoms with Gasteiger partial charge in [0.05, 0.1) is 0 Å². The van der Waals surface area contributed by atoms with Crippen LogP contribution in [-0.4, -0.2) is 13.4 Å². The van der Waals surface area contributed by atoms with Crippen LogP contribution in [0.5, 0.6) is 0 Å². The lowest BCUT2D eigenvalue weighted by Crippen LogP contribution is -1.80. The zero-order chi connectivity index (χ0) is 3.58. The molecular formula is C2H8BP. The average molecular weight is 73.9 g/mol. The molecule has 0 rings (SSSR count). The van der Waals surface area contributed by atoms with Crippen molar-refractivity contribution in [3.05, 3.63) is 0 Å². The summed E-state index contributed by atoms with van der Waals surface area (Å²) in [5, 5.41) is 0. The predicted molar refractivity (Wildman–Crippen MR) is 27.7 cm³/mol. The van der Waals surface area contributed by atoms with Crippen LogP contribution >= 0.6 is 9.24 Å². The Morgan fingerprint density at radius 2 is 2.00 bits per heavy atom.